The van der Waals surface area contributed by atoms with Gasteiger partial charge in [-0.05, 0) is 30.3 Å². The summed E-state index contributed by atoms with van der Waals surface area (Å²) in [4.78, 5) is 11.2. The quantitative estimate of drug-likeness (QED) is 0.882. The molecule has 2 N–H and O–H groups in total. The maximum Gasteiger partial charge on any atom is 0.337 e. The predicted molar refractivity (Wildman–Crippen MR) is 78.4 cm³/mol. The van der Waals surface area contributed by atoms with Crippen LogP contribution in [0.25, 0.3) is 0 Å². The third-order valence-electron chi connectivity index (χ3n) is 2.51. The molecule has 2 aromatic carbocycles. The molecule has 20 heavy (non-hydrogen) atoms. The molecular formula is C13H10BrNO4S. The number of hydrogen-bond acceptors (Lipinski definition) is 3. The van der Waals surface area contributed by atoms with Crippen molar-refractivity contribution in [2.45, 2.75) is 4.90 Å². The molecule has 7 heteroatoms. The molecule has 104 valence electrons. The lowest BCUT2D eigenvalue weighted by molar-refractivity contribution is 0.0698. The summed E-state index contributed by atoms with van der Waals surface area (Å²) in [7, 11) is -3.82. The molecule has 0 unspecified atom stereocenters. The third kappa shape index (κ3) is 3.17. The lowest BCUT2D eigenvalue weighted by Gasteiger charge is -2.11. The van der Waals surface area contributed by atoms with Gasteiger partial charge in [0, 0.05) is 4.47 Å². The summed E-state index contributed by atoms with van der Waals surface area (Å²) in [5.41, 5.74) is -0.108. The fourth-order valence-corrected chi connectivity index (χ4v) is 3.04. The zero-order valence-corrected chi connectivity index (χ0v) is 12.5. The molecule has 0 aromatic heterocycles. The van der Waals surface area contributed by atoms with Crippen LogP contribution in [0.1, 0.15) is 10.4 Å². The Labute approximate surface area is 124 Å². The summed E-state index contributed by atoms with van der Waals surface area (Å²) < 4.78 is 27.2. The average Bonchev–Trinajstić information content (AvgIpc) is 2.39. The van der Waals surface area contributed by atoms with Gasteiger partial charge in [-0.15, -0.1) is 0 Å². The first-order chi connectivity index (χ1) is 9.40. The SMILES string of the molecule is O=C(O)c1ccc(Br)cc1NS(=O)(=O)c1ccccc1. The van der Waals surface area contributed by atoms with Gasteiger partial charge in [-0.2, -0.15) is 0 Å². The van der Waals surface area contributed by atoms with Crippen LogP contribution in [0.15, 0.2) is 57.9 Å². The van der Waals surface area contributed by atoms with Crippen LogP contribution in [-0.4, -0.2) is 19.5 Å². The van der Waals surface area contributed by atoms with Gasteiger partial charge in [-0.3, -0.25) is 4.72 Å². The van der Waals surface area contributed by atoms with Crippen molar-refractivity contribution in [1.82, 2.24) is 0 Å². The standard InChI is InChI=1S/C13H10BrNO4S/c14-9-6-7-11(13(16)17)12(8-9)15-20(18,19)10-4-2-1-3-5-10/h1-8,15H,(H,16,17). The summed E-state index contributed by atoms with van der Waals surface area (Å²) in [5.74, 6) is -1.21. The molecule has 0 aliphatic carbocycles. The molecule has 0 bridgehead atoms. The highest BCUT2D eigenvalue weighted by Crippen LogP contribution is 2.24. The molecule has 0 amide bonds. The van der Waals surface area contributed by atoms with Gasteiger partial charge in [0.2, 0.25) is 0 Å². The van der Waals surface area contributed by atoms with Crippen molar-refractivity contribution < 1.29 is 18.3 Å². The molecule has 0 aliphatic rings. The Kier molecular flexibility index (Phi) is 4.10. The molecule has 0 aliphatic heterocycles. The molecule has 5 nitrogen and oxygen atoms in total. The molecule has 2 aromatic rings. The number of benzene rings is 2. The number of aromatic carboxylic acids is 1. The summed E-state index contributed by atoms with van der Waals surface area (Å²) in [6, 6.07) is 12.0. The van der Waals surface area contributed by atoms with Crippen molar-refractivity contribution in [3.05, 3.63) is 58.6 Å². The monoisotopic (exact) mass is 355 g/mol. The number of carboxylic acids is 1. The number of carbonyl (C=O) groups is 1. The Morgan fingerprint density at radius 1 is 1.10 bits per heavy atom. The smallest absolute Gasteiger partial charge is 0.337 e. The molecule has 2 rings (SSSR count). The second-order valence-corrected chi connectivity index (χ2v) is 6.51. The van der Waals surface area contributed by atoms with E-state index in [0.29, 0.717) is 4.47 Å². The van der Waals surface area contributed by atoms with E-state index in [-0.39, 0.29) is 16.1 Å². The van der Waals surface area contributed by atoms with E-state index in [0.717, 1.165) is 0 Å². The van der Waals surface area contributed by atoms with Gasteiger partial charge in [-0.25, -0.2) is 13.2 Å². The highest BCUT2D eigenvalue weighted by Gasteiger charge is 2.18. The van der Waals surface area contributed by atoms with Gasteiger partial charge in [0.25, 0.3) is 10.0 Å². The molecule has 0 fully saturated rings. The Morgan fingerprint density at radius 3 is 2.35 bits per heavy atom. The molecule has 0 saturated carbocycles. The minimum absolute atomic E-state index is 0.00993. The second kappa shape index (κ2) is 5.64. The van der Waals surface area contributed by atoms with Crippen LogP contribution in [-0.2, 0) is 10.0 Å². The highest BCUT2D eigenvalue weighted by molar-refractivity contribution is 9.10. The van der Waals surface area contributed by atoms with Gasteiger partial charge < -0.3 is 5.11 Å². The number of sulfonamides is 1. The predicted octanol–water partition coefficient (Wildman–Crippen LogP) is 2.95. The van der Waals surface area contributed by atoms with E-state index in [4.69, 9.17) is 5.11 Å². The van der Waals surface area contributed by atoms with E-state index in [1.807, 2.05) is 0 Å². The summed E-state index contributed by atoms with van der Waals surface area (Å²) >= 11 is 3.18. The fourth-order valence-electron chi connectivity index (χ4n) is 1.59. The lowest BCUT2D eigenvalue weighted by Crippen LogP contribution is -2.15. The number of carboxylic acid groups (broad SMARTS) is 1. The van der Waals surface area contributed by atoms with Gasteiger partial charge in [0.1, 0.15) is 0 Å². The zero-order valence-electron chi connectivity index (χ0n) is 10.1. The first kappa shape index (κ1) is 14.5. The van der Waals surface area contributed by atoms with E-state index in [9.17, 15) is 13.2 Å². The molecule has 0 heterocycles. The summed E-state index contributed by atoms with van der Waals surface area (Å²) in [6.45, 7) is 0. The molecular weight excluding hydrogens is 346 g/mol. The second-order valence-electron chi connectivity index (χ2n) is 3.91. The Morgan fingerprint density at radius 2 is 1.75 bits per heavy atom. The van der Waals surface area contributed by atoms with E-state index in [2.05, 4.69) is 20.7 Å². The third-order valence-corrected chi connectivity index (χ3v) is 4.38. The molecule has 0 atom stereocenters. The van der Waals surface area contributed by atoms with E-state index < -0.39 is 16.0 Å². The lowest BCUT2D eigenvalue weighted by atomic mass is 10.2. The van der Waals surface area contributed by atoms with Gasteiger partial charge in [-0.1, -0.05) is 34.1 Å². The van der Waals surface area contributed by atoms with Crippen molar-refractivity contribution in [3.8, 4) is 0 Å². The Bertz CT molecular complexity index is 744. The first-order valence-corrected chi connectivity index (χ1v) is 7.78. The fraction of sp³-hybridized carbons (Fsp3) is 0. The first-order valence-electron chi connectivity index (χ1n) is 5.51. The van der Waals surface area contributed by atoms with E-state index >= 15 is 0 Å². The Balaban J connectivity index is 2.44. The van der Waals surface area contributed by atoms with Crippen molar-refractivity contribution in [2.24, 2.45) is 0 Å². The number of rotatable bonds is 4. The van der Waals surface area contributed by atoms with Crippen LogP contribution in [0, 0.1) is 0 Å². The maximum atomic E-state index is 12.2. The highest BCUT2D eigenvalue weighted by atomic mass is 79.9. The minimum atomic E-state index is -3.82. The molecule has 0 spiro atoms. The van der Waals surface area contributed by atoms with Gasteiger partial charge >= 0.3 is 5.97 Å². The summed E-state index contributed by atoms with van der Waals surface area (Å²) in [6.07, 6.45) is 0. The number of nitrogens with one attached hydrogen (secondary N) is 1. The van der Waals surface area contributed by atoms with Crippen LogP contribution >= 0.6 is 15.9 Å². The van der Waals surface area contributed by atoms with Crippen LogP contribution in [0.4, 0.5) is 5.69 Å². The minimum Gasteiger partial charge on any atom is -0.478 e. The Hall–Kier alpha value is -1.86. The van der Waals surface area contributed by atoms with Crippen molar-refractivity contribution >= 4 is 37.6 Å². The molecule has 0 saturated heterocycles. The number of halogens is 1. The number of hydrogen-bond donors (Lipinski definition) is 2. The largest absolute Gasteiger partial charge is 0.478 e. The van der Waals surface area contributed by atoms with Gasteiger partial charge in [0.05, 0.1) is 16.1 Å². The topological polar surface area (TPSA) is 83.5 Å². The maximum absolute atomic E-state index is 12.2. The van der Waals surface area contributed by atoms with E-state index in [1.54, 1.807) is 18.2 Å². The number of anilines is 1. The van der Waals surface area contributed by atoms with Gasteiger partial charge in [0.15, 0.2) is 0 Å². The average molecular weight is 356 g/mol. The normalized spacial score (nSPS) is 11.1. The van der Waals surface area contributed by atoms with Crippen LogP contribution in [0.2, 0.25) is 0 Å². The van der Waals surface area contributed by atoms with Crippen molar-refractivity contribution in [3.63, 3.8) is 0 Å². The van der Waals surface area contributed by atoms with Crippen LogP contribution < -0.4 is 4.72 Å². The van der Waals surface area contributed by atoms with Crippen LogP contribution in [0.5, 0.6) is 0 Å². The zero-order chi connectivity index (χ0) is 14.8. The van der Waals surface area contributed by atoms with Crippen molar-refractivity contribution in [2.75, 3.05) is 4.72 Å². The van der Waals surface area contributed by atoms with E-state index in [1.165, 1.54) is 30.3 Å². The van der Waals surface area contributed by atoms with Crippen molar-refractivity contribution in [1.29, 1.82) is 0 Å². The summed E-state index contributed by atoms with van der Waals surface area (Å²) in [5, 5.41) is 9.07. The molecule has 0 radical (unpaired) electrons. The van der Waals surface area contributed by atoms with Crippen LogP contribution in [0.3, 0.4) is 0 Å².